The molecule has 0 radical (unpaired) electrons. The summed E-state index contributed by atoms with van der Waals surface area (Å²) in [6.07, 6.45) is 0.566. The van der Waals surface area contributed by atoms with Crippen molar-refractivity contribution in [3.63, 3.8) is 0 Å². The molecule has 3 fully saturated rings. The second-order valence-electron chi connectivity index (χ2n) is 20.9. The van der Waals surface area contributed by atoms with Crippen molar-refractivity contribution in [1.29, 1.82) is 0 Å². The second-order valence-corrected chi connectivity index (χ2v) is 22.2. The number of nitrogens with zero attached hydrogens (tertiary/aromatic N) is 6. The highest BCUT2D eigenvalue weighted by Gasteiger charge is 2.49. The molecule has 3 saturated heterocycles. The van der Waals surface area contributed by atoms with Gasteiger partial charge in [0.25, 0.3) is 5.91 Å². The van der Waals surface area contributed by atoms with E-state index in [1.807, 2.05) is 165 Å². The molecule has 3 unspecified atom stereocenters. The Balaban J connectivity index is 0.000000167. The molecule has 85 heavy (non-hydrogen) atoms. The van der Waals surface area contributed by atoms with Gasteiger partial charge in [0.15, 0.2) is 6.61 Å². The lowest BCUT2D eigenvalue weighted by molar-refractivity contribution is -0.142. The molecule has 18 heteroatoms. The van der Waals surface area contributed by atoms with Crippen LogP contribution < -0.4 is 4.74 Å². The maximum atomic E-state index is 13.3. The molecular weight excluding hydrogens is 1140 g/mol. The van der Waals surface area contributed by atoms with Crippen LogP contribution in [0.5, 0.6) is 5.75 Å². The number of halogens is 3. The number of carboxylic acid groups (broad SMARTS) is 1. The molecule has 0 saturated carbocycles. The van der Waals surface area contributed by atoms with Crippen molar-refractivity contribution in [1.82, 2.24) is 29.4 Å². The van der Waals surface area contributed by atoms with Crippen LogP contribution in [0.2, 0.25) is 15.1 Å². The number of carbonyl (C=O) groups is 7. The first-order chi connectivity index (χ1) is 40.9. The Bertz CT molecular complexity index is 3400. The monoisotopic (exact) mass is 1200 g/mol. The molecule has 1 N–H and O–H groups in total. The van der Waals surface area contributed by atoms with Gasteiger partial charge in [0, 0.05) is 68.3 Å². The topological polar surface area (TPSA) is 168 Å². The predicted molar refractivity (Wildman–Crippen MR) is 327 cm³/mol. The SMILES string of the molecule is CCCC(=O)N1C(c2ccccc2)N(C)C(=O)[C@H]1Cc1ccc(Cl)cc1.CN1C(=O)[C@@H](Cc2ccc(Cl)cc2)N(C(=O)CCC(=O)O)C1c1ccccc1.CN1C(=O)[C@@H](Cc2ccc(Cl)cc2)N(C(=O)COc2ccccc2)C1c1ccccc1. The first-order valence-corrected chi connectivity index (χ1v) is 29.1. The molecule has 3 heterocycles. The first-order valence-electron chi connectivity index (χ1n) is 28.0. The zero-order chi connectivity index (χ0) is 60.7. The van der Waals surface area contributed by atoms with Gasteiger partial charge in [-0.15, -0.1) is 0 Å². The normalized spacial score (nSPS) is 19.1. The van der Waals surface area contributed by atoms with Gasteiger partial charge < -0.3 is 39.2 Å². The molecule has 0 bridgehead atoms. The lowest BCUT2D eigenvalue weighted by Crippen LogP contribution is -2.43. The Kier molecular flexibility index (Phi) is 21.6. The average molecular weight is 1210 g/mol. The smallest absolute Gasteiger partial charge is 0.303 e. The zero-order valence-electron chi connectivity index (χ0n) is 47.6. The number of hydrogen-bond acceptors (Lipinski definition) is 8. The Hall–Kier alpha value is -8.50. The van der Waals surface area contributed by atoms with Crippen LogP contribution in [0.4, 0.5) is 0 Å². The summed E-state index contributed by atoms with van der Waals surface area (Å²) < 4.78 is 5.71. The number of hydrogen-bond donors (Lipinski definition) is 1. The molecule has 0 aliphatic carbocycles. The maximum Gasteiger partial charge on any atom is 0.303 e. The summed E-state index contributed by atoms with van der Waals surface area (Å²) in [5.74, 6) is -1.32. The number of aliphatic carboxylic acids is 1. The summed E-state index contributed by atoms with van der Waals surface area (Å²) in [5.41, 5.74) is 5.44. The van der Waals surface area contributed by atoms with Crippen molar-refractivity contribution in [2.24, 2.45) is 0 Å². The van der Waals surface area contributed by atoms with Crippen molar-refractivity contribution in [2.75, 3.05) is 27.7 Å². The second kappa shape index (κ2) is 29.3. The van der Waals surface area contributed by atoms with Crippen LogP contribution >= 0.6 is 34.8 Å². The highest BCUT2D eigenvalue weighted by molar-refractivity contribution is 6.31. The number of amides is 6. The third kappa shape index (κ3) is 15.4. The fraction of sp³-hybridized carbons (Fsp3) is 0.269. The van der Waals surface area contributed by atoms with E-state index in [9.17, 15) is 33.6 Å². The minimum atomic E-state index is -1.04. The lowest BCUT2D eigenvalue weighted by atomic mass is 10.0. The average Bonchev–Trinajstić information content (AvgIpc) is 2.86. The van der Waals surface area contributed by atoms with E-state index in [0.29, 0.717) is 46.5 Å². The number of carboxylic acids is 1. The van der Waals surface area contributed by atoms with Gasteiger partial charge in [0.1, 0.15) is 42.4 Å². The Morgan fingerprint density at radius 2 is 0.706 bits per heavy atom. The van der Waals surface area contributed by atoms with E-state index in [1.165, 1.54) is 4.90 Å². The third-order valence-corrected chi connectivity index (χ3v) is 15.9. The highest BCUT2D eigenvalue weighted by atomic mass is 35.5. The minimum absolute atomic E-state index is 0.0121. The summed E-state index contributed by atoms with van der Waals surface area (Å²) in [6.45, 7) is 1.83. The Labute approximate surface area is 510 Å². The molecule has 3 aliphatic rings. The zero-order valence-corrected chi connectivity index (χ0v) is 49.9. The van der Waals surface area contributed by atoms with E-state index >= 15 is 0 Å². The number of para-hydroxylation sites is 1. The number of ether oxygens (including phenoxy) is 1. The van der Waals surface area contributed by atoms with E-state index in [1.54, 1.807) is 82.0 Å². The predicted octanol–water partition coefficient (Wildman–Crippen LogP) is 11.5. The molecule has 3 aliphatic heterocycles. The van der Waals surface area contributed by atoms with E-state index < -0.39 is 36.4 Å². The Morgan fingerprint density at radius 1 is 0.412 bits per heavy atom. The molecule has 15 nitrogen and oxygen atoms in total. The molecular formula is C67H67Cl3N6O9. The van der Waals surface area contributed by atoms with Crippen LogP contribution in [0, 0.1) is 0 Å². The fourth-order valence-corrected chi connectivity index (χ4v) is 11.3. The van der Waals surface area contributed by atoms with Crippen molar-refractivity contribution in [3.05, 3.63) is 243 Å². The molecule has 6 atom stereocenters. The minimum Gasteiger partial charge on any atom is -0.484 e. The molecule has 7 aromatic rings. The summed E-state index contributed by atoms with van der Waals surface area (Å²) in [4.78, 5) is 99.1. The van der Waals surface area contributed by atoms with Gasteiger partial charge in [-0.05, 0) is 88.3 Å². The van der Waals surface area contributed by atoms with Crippen LogP contribution in [0.25, 0.3) is 0 Å². The van der Waals surface area contributed by atoms with Crippen molar-refractivity contribution in [3.8, 4) is 5.75 Å². The third-order valence-electron chi connectivity index (χ3n) is 15.1. The summed E-state index contributed by atoms with van der Waals surface area (Å²) >= 11 is 17.9. The van der Waals surface area contributed by atoms with Crippen LogP contribution in [0.3, 0.4) is 0 Å². The van der Waals surface area contributed by atoms with Gasteiger partial charge in [0.2, 0.25) is 29.5 Å². The largest absolute Gasteiger partial charge is 0.484 e. The van der Waals surface area contributed by atoms with Crippen molar-refractivity contribution in [2.45, 2.75) is 88.5 Å². The maximum absolute atomic E-state index is 13.3. The van der Waals surface area contributed by atoms with Crippen LogP contribution in [-0.2, 0) is 52.8 Å². The van der Waals surface area contributed by atoms with Gasteiger partial charge in [-0.3, -0.25) is 33.6 Å². The van der Waals surface area contributed by atoms with Gasteiger partial charge in [-0.25, -0.2) is 0 Å². The standard InChI is InChI=1S/C25H23ClN2O3.C21H21ClN2O4.C21H23ClN2O2/c1-27-24(19-8-4-2-5-9-19)28(23(29)17-31-21-10-6-3-7-11-21)22(25(27)30)16-18-12-14-20(26)15-13-18;1-23-20(15-5-3-2-4-6-15)24(18(25)11-12-19(26)27)17(21(23)28)13-14-7-9-16(22)10-8-14;1-3-7-19(25)24-18(14-15-10-12-17(22)13-11-15)21(26)23(2)20(24)16-8-5-4-6-9-16/h2-15,22,24H,16-17H2,1H3;2-10,17,20H,11-13H2,1H3,(H,26,27);4-6,8-13,18,20H,3,7,14H2,1-2H3/t22-,24?;17-,20?;18-,20?/m111/s1. The first kappa shape index (κ1) is 62.5. The fourth-order valence-electron chi connectivity index (χ4n) is 11.0. The van der Waals surface area contributed by atoms with E-state index in [0.717, 1.165) is 39.8 Å². The molecule has 10 rings (SSSR count). The van der Waals surface area contributed by atoms with Crippen LogP contribution in [-0.4, -0.2) is 122 Å². The lowest BCUT2D eigenvalue weighted by Gasteiger charge is -2.30. The van der Waals surface area contributed by atoms with Crippen molar-refractivity contribution < 1.29 is 43.4 Å². The number of benzene rings is 7. The van der Waals surface area contributed by atoms with Gasteiger partial charge in [-0.2, -0.15) is 0 Å². The molecule has 7 aromatic carbocycles. The van der Waals surface area contributed by atoms with Crippen LogP contribution in [0.15, 0.2) is 194 Å². The molecule has 0 aromatic heterocycles. The van der Waals surface area contributed by atoms with Crippen molar-refractivity contribution >= 4 is 76.2 Å². The van der Waals surface area contributed by atoms with Gasteiger partial charge >= 0.3 is 5.97 Å². The molecule has 0 spiro atoms. The van der Waals surface area contributed by atoms with E-state index in [4.69, 9.17) is 44.6 Å². The highest BCUT2D eigenvalue weighted by Crippen LogP contribution is 2.39. The van der Waals surface area contributed by atoms with Crippen LogP contribution in [0.1, 0.15) is 84.5 Å². The number of rotatable bonds is 17. The number of carbonyl (C=O) groups excluding carboxylic acids is 6. The van der Waals surface area contributed by atoms with Gasteiger partial charge in [0.05, 0.1) is 6.42 Å². The summed E-state index contributed by atoms with van der Waals surface area (Å²) in [6, 6.07) is 57.9. The van der Waals surface area contributed by atoms with Gasteiger partial charge in [-0.1, -0.05) is 187 Å². The summed E-state index contributed by atoms with van der Waals surface area (Å²) in [5, 5.41) is 10.8. The Morgan fingerprint density at radius 3 is 1.01 bits per heavy atom. The van der Waals surface area contributed by atoms with E-state index in [2.05, 4.69) is 0 Å². The van der Waals surface area contributed by atoms with E-state index in [-0.39, 0.29) is 61.1 Å². The summed E-state index contributed by atoms with van der Waals surface area (Å²) in [7, 11) is 5.17. The quantitative estimate of drug-likeness (QED) is 0.0933. The molecule has 6 amide bonds. The number of likely N-dealkylation sites (N-methyl/N-ethyl adjacent to an activating group) is 3. The molecule has 440 valence electrons.